The van der Waals surface area contributed by atoms with Crippen LogP contribution in [-0.4, -0.2) is 35.7 Å². The molecule has 2 N–H and O–H groups in total. The Morgan fingerprint density at radius 1 is 1.32 bits per heavy atom. The van der Waals surface area contributed by atoms with E-state index in [4.69, 9.17) is 4.74 Å². The summed E-state index contributed by atoms with van der Waals surface area (Å²) in [7, 11) is 0. The van der Waals surface area contributed by atoms with Gasteiger partial charge in [-0.2, -0.15) is 0 Å². The van der Waals surface area contributed by atoms with Crippen LogP contribution in [0.2, 0.25) is 0 Å². The minimum absolute atomic E-state index is 0.0237. The predicted molar refractivity (Wildman–Crippen MR) is 69.6 cm³/mol. The molecular weight excluding hydrogens is 246 g/mol. The molecule has 2 rings (SSSR count). The predicted octanol–water partition coefficient (Wildman–Crippen LogP) is 1.42. The summed E-state index contributed by atoms with van der Waals surface area (Å²) in [5.41, 5.74) is 0. The summed E-state index contributed by atoms with van der Waals surface area (Å²) in [6, 6.07) is 0.0302. The molecule has 5 unspecified atom stereocenters. The van der Waals surface area contributed by atoms with Crippen LogP contribution in [-0.2, 0) is 14.3 Å². The van der Waals surface area contributed by atoms with E-state index in [1.807, 2.05) is 6.92 Å². The molecule has 0 bridgehead atoms. The highest BCUT2D eigenvalue weighted by molar-refractivity contribution is 5.85. The van der Waals surface area contributed by atoms with E-state index in [1.165, 1.54) is 0 Å². The maximum Gasteiger partial charge on any atom is 0.307 e. The highest BCUT2D eigenvalue weighted by atomic mass is 16.5. The number of carboxylic acid groups (broad SMARTS) is 1. The van der Waals surface area contributed by atoms with E-state index in [0.29, 0.717) is 25.4 Å². The topological polar surface area (TPSA) is 75.6 Å². The summed E-state index contributed by atoms with van der Waals surface area (Å²) in [5, 5.41) is 12.2. The molecule has 2 aliphatic rings. The van der Waals surface area contributed by atoms with Gasteiger partial charge in [0.05, 0.1) is 24.0 Å². The second kappa shape index (κ2) is 5.90. The molecule has 1 heterocycles. The second-order valence-electron chi connectivity index (χ2n) is 5.78. The lowest BCUT2D eigenvalue weighted by Crippen LogP contribution is -2.44. The molecule has 19 heavy (non-hydrogen) atoms. The van der Waals surface area contributed by atoms with Crippen molar-refractivity contribution in [3.05, 3.63) is 0 Å². The van der Waals surface area contributed by atoms with E-state index < -0.39 is 11.9 Å². The molecule has 1 aliphatic carbocycles. The smallest absolute Gasteiger partial charge is 0.307 e. The summed E-state index contributed by atoms with van der Waals surface area (Å²) < 4.78 is 5.41. The van der Waals surface area contributed by atoms with Gasteiger partial charge >= 0.3 is 5.97 Å². The molecule has 0 spiro atoms. The summed E-state index contributed by atoms with van der Waals surface area (Å²) in [4.78, 5) is 23.6. The van der Waals surface area contributed by atoms with Crippen LogP contribution >= 0.6 is 0 Å². The molecule has 0 aromatic rings. The van der Waals surface area contributed by atoms with Crippen molar-refractivity contribution in [2.45, 2.75) is 51.7 Å². The minimum Gasteiger partial charge on any atom is -0.481 e. The van der Waals surface area contributed by atoms with Crippen molar-refractivity contribution < 1.29 is 19.4 Å². The van der Waals surface area contributed by atoms with E-state index in [1.54, 1.807) is 0 Å². The van der Waals surface area contributed by atoms with Crippen LogP contribution in [0.5, 0.6) is 0 Å². The van der Waals surface area contributed by atoms with Crippen LogP contribution in [0.25, 0.3) is 0 Å². The fourth-order valence-corrected chi connectivity index (χ4v) is 3.25. The average Bonchev–Trinajstić information content (AvgIpc) is 2.96. The first kappa shape index (κ1) is 14.3. The van der Waals surface area contributed by atoms with Crippen LogP contribution in [0.1, 0.15) is 39.5 Å². The van der Waals surface area contributed by atoms with Gasteiger partial charge in [-0.15, -0.1) is 0 Å². The summed E-state index contributed by atoms with van der Waals surface area (Å²) in [5.74, 6) is -1.50. The summed E-state index contributed by atoms with van der Waals surface area (Å²) >= 11 is 0. The van der Waals surface area contributed by atoms with Gasteiger partial charge < -0.3 is 15.2 Å². The molecule has 0 radical (unpaired) electrons. The van der Waals surface area contributed by atoms with Gasteiger partial charge in [-0.05, 0) is 32.1 Å². The number of hydrogen-bond donors (Lipinski definition) is 2. The first-order chi connectivity index (χ1) is 9.02. The second-order valence-corrected chi connectivity index (χ2v) is 5.78. The molecule has 1 saturated heterocycles. The SMILES string of the molecule is CCC1CC(C(=O)O)C(C(=O)NC2CCOC2C)C1. The third kappa shape index (κ3) is 3.08. The maximum atomic E-state index is 12.3. The lowest BCUT2D eigenvalue weighted by atomic mass is 9.94. The first-order valence-corrected chi connectivity index (χ1v) is 7.17. The van der Waals surface area contributed by atoms with Crippen molar-refractivity contribution >= 4 is 11.9 Å². The molecule has 1 amide bonds. The van der Waals surface area contributed by atoms with E-state index in [0.717, 1.165) is 12.8 Å². The molecule has 108 valence electrons. The number of carbonyl (C=O) groups is 2. The Kier molecular flexibility index (Phi) is 4.45. The Morgan fingerprint density at radius 2 is 2.00 bits per heavy atom. The lowest BCUT2D eigenvalue weighted by Gasteiger charge is -2.21. The van der Waals surface area contributed by atoms with Crippen molar-refractivity contribution in [1.29, 1.82) is 0 Å². The summed E-state index contributed by atoms with van der Waals surface area (Å²) in [6.07, 6.45) is 3.10. The van der Waals surface area contributed by atoms with E-state index >= 15 is 0 Å². The van der Waals surface area contributed by atoms with Gasteiger partial charge in [0.15, 0.2) is 0 Å². The third-order valence-corrected chi connectivity index (χ3v) is 4.60. The van der Waals surface area contributed by atoms with Gasteiger partial charge in [-0.3, -0.25) is 9.59 Å². The third-order valence-electron chi connectivity index (χ3n) is 4.60. The standard InChI is InChI=1S/C14H23NO4/c1-3-9-6-10(11(7-9)14(17)18)13(16)15-12-4-5-19-8(12)2/h8-12H,3-7H2,1-2H3,(H,15,16)(H,17,18). The van der Waals surface area contributed by atoms with Gasteiger partial charge in [0, 0.05) is 6.61 Å². The van der Waals surface area contributed by atoms with Crippen molar-refractivity contribution in [3.8, 4) is 0 Å². The quantitative estimate of drug-likeness (QED) is 0.809. The fraction of sp³-hybridized carbons (Fsp3) is 0.857. The Labute approximate surface area is 113 Å². The zero-order valence-electron chi connectivity index (χ0n) is 11.6. The Bertz CT molecular complexity index is 357. The monoisotopic (exact) mass is 269 g/mol. The molecule has 5 atom stereocenters. The van der Waals surface area contributed by atoms with E-state index in [2.05, 4.69) is 12.2 Å². The van der Waals surface area contributed by atoms with Crippen molar-refractivity contribution in [3.63, 3.8) is 0 Å². The van der Waals surface area contributed by atoms with Crippen LogP contribution in [0, 0.1) is 17.8 Å². The van der Waals surface area contributed by atoms with Crippen molar-refractivity contribution in [2.24, 2.45) is 17.8 Å². The Morgan fingerprint density at radius 3 is 2.53 bits per heavy atom. The number of carbonyl (C=O) groups excluding carboxylic acids is 1. The first-order valence-electron chi connectivity index (χ1n) is 7.17. The molecule has 1 saturated carbocycles. The van der Waals surface area contributed by atoms with Crippen molar-refractivity contribution in [2.75, 3.05) is 6.61 Å². The number of nitrogens with one attached hydrogen (secondary N) is 1. The number of rotatable bonds is 4. The molecule has 1 aliphatic heterocycles. The number of carboxylic acids is 1. The van der Waals surface area contributed by atoms with Gasteiger partial charge in [0.25, 0.3) is 0 Å². The zero-order valence-corrected chi connectivity index (χ0v) is 11.6. The zero-order chi connectivity index (χ0) is 14.0. The number of aliphatic carboxylic acids is 1. The number of amides is 1. The number of ether oxygens (including phenoxy) is 1. The average molecular weight is 269 g/mol. The van der Waals surface area contributed by atoms with E-state index in [-0.39, 0.29) is 24.0 Å². The minimum atomic E-state index is -0.841. The van der Waals surface area contributed by atoms with Crippen LogP contribution in [0.4, 0.5) is 0 Å². The van der Waals surface area contributed by atoms with Crippen molar-refractivity contribution in [1.82, 2.24) is 5.32 Å². The Balaban J connectivity index is 1.98. The van der Waals surface area contributed by atoms with Gasteiger partial charge in [0.1, 0.15) is 0 Å². The summed E-state index contributed by atoms with van der Waals surface area (Å²) in [6.45, 7) is 4.66. The molecule has 0 aromatic heterocycles. The van der Waals surface area contributed by atoms with Gasteiger partial charge in [0.2, 0.25) is 5.91 Å². The van der Waals surface area contributed by atoms with Crippen LogP contribution in [0.15, 0.2) is 0 Å². The molecular formula is C14H23NO4. The van der Waals surface area contributed by atoms with Gasteiger partial charge in [-0.25, -0.2) is 0 Å². The molecule has 0 aromatic carbocycles. The van der Waals surface area contributed by atoms with E-state index in [9.17, 15) is 14.7 Å². The highest BCUT2D eigenvalue weighted by Crippen LogP contribution is 2.38. The largest absolute Gasteiger partial charge is 0.481 e. The maximum absolute atomic E-state index is 12.3. The highest BCUT2D eigenvalue weighted by Gasteiger charge is 2.43. The molecule has 5 nitrogen and oxygen atoms in total. The number of hydrogen-bond acceptors (Lipinski definition) is 3. The Hall–Kier alpha value is -1.10. The molecule has 2 fully saturated rings. The lowest BCUT2D eigenvalue weighted by molar-refractivity contribution is -0.146. The molecule has 5 heteroatoms. The van der Waals surface area contributed by atoms with Crippen LogP contribution in [0.3, 0.4) is 0 Å². The fourth-order valence-electron chi connectivity index (χ4n) is 3.25. The normalized spacial score (nSPS) is 38.3. The van der Waals surface area contributed by atoms with Gasteiger partial charge in [-0.1, -0.05) is 13.3 Å². The van der Waals surface area contributed by atoms with Crippen LogP contribution < -0.4 is 5.32 Å².